The van der Waals surface area contributed by atoms with Gasteiger partial charge >= 0.3 is 6.61 Å². The van der Waals surface area contributed by atoms with E-state index in [2.05, 4.69) is 9.73 Å². The number of hydrogen-bond donors (Lipinski definition) is 1. The van der Waals surface area contributed by atoms with Gasteiger partial charge in [-0.2, -0.15) is 8.78 Å². The summed E-state index contributed by atoms with van der Waals surface area (Å²) in [6, 6.07) is 9.02. The third-order valence-corrected chi connectivity index (χ3v) is 5.41. The van der Waals surface area contributed by atoms with Crippen LogP contribution in [0.5, 0.6) is 5.75 Å². The molecule has 2 aromatic carbocycles. The summed E-state index contributed by atoms with van der Waals surface area (Å²) in [5, 5.41) is 0. The van der Waals surface area contributed by atoms with Crippen molar-refractivity contribution in [2.45, 2.75) is 45.8 Å². The van der Waals surface area contributed by atoms with Crippen molar-refractivity contribution in [3.05, 3.63) is 64.5 Å². The Morgan fingerprint density at radius 1 is 1.13 bits per heavy atom. The molecule has 2 N–H and O–H groups in total. The van der Waals surface area contributed by atoms with Crippen molar-refractivity contribution in [2.75, 3.05) is 7.05 Å². The number of hydrogen-bond acceptors (Lipinski definition) is 4. The molecule has 0 aliphatic carbocycles. The Balaban J connectivity index is 2.23. The zero-order valence-electron chi connectivity index (χ0n) is 18.0. The van der Waals surface area contributed by atoms with Crippen LogP contribution in [0.1, 0.15) is 43.0 Å². The van der Waals surface area contributed by atoms with Crippen LogP contribution in [0, 0.1) is 11.7 Å². The second kappa shape index (κ2) is 8.61. The molecule has 5 nitrogen and oxygen atoms in total. The van der Waals surface area contributed by atoms with Gasteiger partial charge in [-0.25, -0.2) is 9.38 Å². The Morgan fingerprint density at radius 2 is 1.74 bits per heavy atom. The average Bonchev–Trinajstić information content (AvgIpc) is 2.94. The molecular weight excluding hydrogens is 407 g/mol. The lowest BCUT2D eigenvalue weighted by atomic mass is 9.80. The first-order chi connectivity index (χ1) is 14.6. The number of rotatable bonds is 7. The van der Waals surface area contributed by atoms with Crippen molar-refractivity contribution in [3.63, 3.8) is 0 Å². The summed E-state index contributed by atoms with van der Waals surface area (Å²) in [5.74, 6) is -0.513. The van der Waals surface area contributed by atoms with Crippen LogP contribution in [0.25, 0.3) is 0 Å². The smallest absolute Gasteiger partial charge is 0.387 e. The Hall–Kier alpha value is -3.03. The molecule has 0 bridgehead atoms. The van der Waals surface area contributed by atoms with Gasteiger partial charge < -0.3 is 10.5 Å². The van der Waals surface area contributed by atoms with E-state index < -0.39 is 18.1 Å². The minimum Gasteiger partial charge on any atom is -0.435 e. The number of nitrogens with zero attached hydrogens (tertiary/aromatic N) is 2. The second-order valence-corrected chi connectivity index (χ2v) is 8.00. The fraction of sp³-hybridized carbons (Fsp3) is 0.391. The van der Waals surface area contributed by atoms with Gasteiger partial charge in [-0.1, -0.05) is 32.9 Å². The van der Waals surface area contributed by atoms with E-state index in [4.69, 9.17) is 5.73 Å². The van der Waals surface area contributed by atoms with E-state index in [0.717, 1.165) is 0 Å². The van der Waals surface area contributed by atoms with Gasteiger partial charge in [0, 0.05) is 7.05 Å². The topological polar surface area (TPSA) is 67.9 Å². The molecule has 1 heterocycles. The fourth-order valence-corrected chi connectivity index (χ4v) is 3.87. The highest BCUT2D eigenvalue weighted by Gasteiger charge is 2.50. The number of benzene rings is 2. The molecule has 0 radical (unpaired) electrons. The number of carbonyl (C=O) groups excluding carboxylic acids is 1. The third-order valence-electron chi connectivity index (χ3n) is 5.41. The van der Waals surface area contributed by atoms with Gasteiger partial charge in [-0.15, -0.1) is 0 Å². The molecule has 0 saturated carbocycles. The Morgan fingerprint density at radius 3 is 2.26 bits per heavy atom. The maximum Gasteiger partial charge on any atom is 0.387 e. The van der Waals surface area contributed by atoms with E-state index in [-0.39, 0.29) is 23.4 Å². The molecule has 0 fully saturated rings. The Bertz CT molecular complexity index is 1020. The molecule has 0 saturated heterocycles. The normalized spacial score (nSPS) is 18.8. The lowest BCUT2D eigenvalue weighted by Crippen LogP contribution is -2.41. The highest BCUT2D eigenvalue weighted by Crippen LogP contribution is 2.41. The van der Waals surface area contributed by atoms with Crippen molar-refractivity contribution in [2.24, 2.45) is 16.6 Å². The van der Waals surface area contributed by atoms with Crippen molar-refractivity contribution in [3.8, 4) is 5.75 Å². The molecular formula is C23H26F3N3O2. The molecule has 2 aromatic rings. The lowest BCUT2D eigenvalue weighted by molar-refractivity contribution is -0.129. The summed E-state index contributed by atoms with van der Waals surface area (Å²) >= 11 is 0. The van der Waals surface area contributed by atoms with E-state index in [1.54, 1.807) is 19.1 Å². The van der Waals surface area contributed by atoms with Gasteiger partial charge in [0.15, 0.2) is 11.5 Å². The first-order valence-electron chi connectivity index (χ1n) is 10.1. The molecule has 1 atom stereocenters. The summed E-state index contributed by atoms with van der Waals surface area (Å²) in [6.45, 7) is 2.78. The largest absolute Gasteiger partial charge is 0.435 e. The number of amides is 1. The van der Waals surface area contributed by atoms with E-state index in [9.17, 15) is 18.0 Å². The Kier molecular flexibility index (Phi) is 6.29. The first-order valence-corrected chi connectivity index (χ1v) is 10.1. The van der Waals surface area contributed by atoms with Crippen LogP contribution in [0.15, 0.2) is 41.4 Å². The summed E-state index contributed by atoms with van der Waals surface area (Å²) < 4.78 is 44.6. The predicted molar refractivity (Wildman–Crippen MR) is 113 cm³/mol. The number of aliphatic imine (C=N–C) groups is 1. The number of aryl methyl sites for hydroxylation is 1. The zero-order valence-corrected chi connectivity index (χ0v) is 18.0. The molecule has 1 aliphatic rings. The minimum atomic E-state index is -2.96. The lowest BCUT2D eigenvalue weighted by Gasteiger charge is -2.27. The summed E-state index contributed by atoms with van der Waals surface area (Å²) in [5.41, 5.74) is 6.34. The number of guanidine groups is 1. The summed E-state index contributed by atoms with van der Waals surface area (Å²) in [7, 11) is 1.51. The van der Waals surface area contributed by atoms with Crippen LogP contribution in [0.3, 0.4) is 0 Å². The van der Waals surface area contributed by atoms with Gasteiger partial charge in [-0.05, 0) is 65.3 Å². The number of nitrogens with two attached hydrogens (primary N) is 1. The fourth-order valence-electron chi connectivity index (χ4n) is 3.87. The average molecular weight is 433 g/mol. The van der Waals surface area contributed by atoms with Crippen molar-refractivity contribution in [1.29, 1.82) is 0 Å². The van der Waals surface area contributed by atoms with Crippen molar-refractivity contribution in [1.82, 2.24) is 4.90 Å². The first kappa shape index (κ1) is 22.7. The standard InChI is InChI=1S/C23H26F3N3O2/c1-5-14-11-17(7-9-19(14)31-21(25)26)23(20(30)29(4)22(27)28-23)16-6-8-18(24)15(12-16)10-13(2)3/h6-9,11-13,21H,5,10H2,1-4H3,(H2,27,28)/t23-/m1/s1. The SMILES string of the molecule is CCc1cc([C@@]2(c3ccc(F)c(CC(C)C)c3)N=C(N)N(C)C2=O)ccc1OC(F)F. The number of carbonyl (C=O) groups is 1. The molecule has 0 unspecified atom stereocenters. The molecule has 0 aromatic heterocycles. The molecule has 1 aliphatic heterocycles. The summed E-state index contributed by atoms with van der Waals surface area (Å²) in [4.78, 5) is 19.1. The van der Waals surface area contributed by atoms with E-state index >= 15 is 0 Å². The highest BCUT2D eigenvalue weighted by molar-refractivity contribution is 6.09. The van der Waals surface area contributed by atoms with Crippen LogP contribution in [0.4, 0.5) is 13.2 Å². The highest BCUT2D eigenvalue weighted by atomic mass is 19.3. The Labute approximate surface area is 179 Å². The maximum atomic E-state index is 14.4. The number of halogens is 3. The summed E-state index contributed by atoms with van der Waals surface area (Å²) in [6.07, 6.45) is 0.886. The number of alkyl halides is 2. The van der Waals surface area contributed by atoms with E-state index in [1.807, 2.05) is 13.8 Å². The zero-order chi connectivity index (χ0) is 22.9. The van der Waals surface area contributed by atoms with Gasteiger partial charge in [0.2, 0.25) is 0 Å². The van der Waals surface area contributed by atoms with E-state index in [1.165, 1.54) is 36.2 Å². The van der Waals surface area contributed by atoms with Crippen LogP contribution < -0.4 is 10.5 Å². The van der Waals surface area contributed by atoms with Crippen molar-refractivity contribution >= 4 is 11.9 Å². The van der Waals surface area contributed by atoms with Crippen LogP contribution >= 0.6 is 0 Å². The number of likely N-dealkylation sites (N-methyl/N-ethyl adjacent to an activating group) is 1. The molecule has 3 rings (SSSR count). The molecule has 166 valence electrons. The number of ether oxygens (including phenoxy) is 1. The molecule has 31 heavy (non-hydrogen) atoms. The maximum absolute atomic E-state index is 14.4. The van der Waals surface area contributed by atoms with Crippen LogP contribution in [-0.2, 0) is 23.2 Å². The predicted octanol–water partition coefficient (Wildman–Crippen LogP) is 4.22. The quantitative estimate of drug-likeness (QED) is 0.711. The van der Waals surface area contributed by atoms with Gasteiger partial charge in [0.1, 0.15) is 11.6 Å². The van der Waals surface area contributed by atoms with Gasteiger partial charge in [-0.3, -0.25) is 9.69 Å². The van der Waals surface area contributed by atoms with Crippen LogP contribution in [0.2, 0.25) is 0 Å². The van der Waals surface area contributed by atoms with Gasteiger partial charge in [0.25, 0.3) is 5.91 Å². The molecule has 8 heteroatoms. The third kappa shape index (κ3) is 4.11. The van der Waals surface area contributed by atoms with Gasteiger partial charge in [0.05, 0.1) is 0 Å². The minimum absolute atomic E-state index is 0.0192. The molecule has 1 amide bonds. The van der Waals surface area contributed by atoms with Crippen molar-refractivity contribution < 1.29 is 22.7 Å². The molecule has 0 spiro atoms. The second-order valence-electron chi connectivity index (χ2n) is 8.00. The van der Waals surface area contributed by atoms with E-state index in [0.29, 0.717) is 35.1 Å². The monoisotopic (exact) mass is 433 g/mol. The van der Waals surface area contributed by atoms with Crippen LogP contribution in [-0.4, -0.2) is 30.4 Å².